The van der Waals surface area contributed by atoms with Gasteiger partial charge in [-0.1, -0.05) is 17.3 Å². The van der Waals surface area contributed by atoms with Crippen LogP contribution in [-0.2, 0) is 28.8 Å². The molecule has 160 valence electrons. The molecule has 0 amide bonds. The zero-order valence-electron chi connectivity index (χ0n) is 16.3. The predicted molar refractivity (Wildman–Crippen MR) is 102 cm³/mol. The second-order valence-corrected chi connectivity index (χ2v) is 6.86. The largest absolute Gasteiger partial charge is 0.496 e. The van der Waals surface area contributed by atoms with Crippen molar-refractivity contribution in [1.29, 1.82) is 0 Å². The molecule has 1 unspecified atom stereocenters. The van der Waals surface area contributed by atoms with Crippen molar-refractivity contribution in [3.05, 3.63) is 53.2 Å². The third-order valence-electron chi connectivity index (χ3n) is 4.55. The second kappa shape index (κ2) is 9.60. The molecule has 0 aliphatic heterocycles. The molecule has 1 aromatic carbocycles. The Labute approximate surface area is 171 Å². The first-order chi connectivity index (χ1) is 14.4. The van der Waals surface area contributed by atoms with Crippen LogP contribution < -0.4 is 9.47 Å². The molecule has 0 radical (unpaired) electrons. The molecular formula is C21H21F3N2O4. The van der Waals surface area contributed by atoms with Gasteiger partial charge in [-0.15, -0.1) is 0 Å². The Morgan fingerprint density at radius 1 is 1.23 bits per heavy atom. The topological polar surface area (TPSA) is 70.0 Å². The normalized spacial score (nSPS) is 15.1. The lowest BCUT2D eigenvalue weighted by atomic mass is 10.1. The minimum absolute atomic E-state index is 0.00424. The lowest BCUT2D eigenvalue weighted by Gasteiger charge is -2.12. The van der Waals surface area contributed by atoms with E-state index in [9.17, 15) is 18.0 Å². The maximum Gasteiger partial charge on any atom is 0.419 e. The number of hydrogen-bond acceptors (Lipinski definition) is 6. The van der Waals surface area contributed by atoms with Gasteiger partial charge >= 0.3 is 6.18 Å². The Balaban J connectivity index is 1.46. The molecule has 0 bridgehead atoms. The highest BCUT2D eigenvalue weighted by atomic mass is 19.4. The first kappa shape index (κ1) is 21.6. The number of nitrogens with zero attached hydrogens (tertiary/aromatic N) is 2. The molecule has 2 aromatic rings. The van der Waals surface area contributed by atoms with Crippen LogP contribution in [0.3, 0.4) is 0 Å². The summed E-state index contributed by atoms with van der Waals surface area (Å²) in [5.74, 6) is 0.421. The quantitative estimate of drug-likeness (QED) is 0.326. The van der Waals surface area contributed by atoms with Gasteiger partial charge in [0.05, 0.1) is 12.7 Å². The first-order valence-electron chi connectivity index (χ1n) is 9.35. The summed E-state index contributed by atoms with van der Waals surface area (Å²) >= 11 is 0. The number of benzene rings is 1. The van der Waals surface area contributed by atoms with Crippen molar-refractivity contribution in [2.45, 2.75) is 38.1 Å². The van der Waals surface area contributed by atoms with Gasteiger partial charge in [-0.05, 0) is 36.1 Å². The average Bonchev–Trinajstić information content (AvgIpc) is 3.57. The van der Waals surface area contributed by atoms with Gasteiger partial charge in [-0.25, -0.2) is 4.98 Å². The number of hydrogen-bond donors (Lipinski definition) is 0. The van der Waals surface area contributed by atoms with E-state index in [0.29, 0.717) is 17.9 Å². The molecule has 1 saturated carbocycles. The molecule has 1 aliphatic carbocycles. The summed E-state index contributed by atoms with van der Waals surface area (Å²) in [7, 11) is 1.18. The summed E-state index contributed by atoms with van der Waals surface area (Å²) in [6.45, 7) is 0.00424. The zero-order valence-corrected chi connectivity index (χ0v) is 16.3. The lowest BCUT2D eigenvalue weighted by Crippen LogP contribution is -2.20. The molecule has 1 aliphatic rings. The van der Waals surface area contributed by atoms with Crippen molar-refractivity contribution in [1.82, 2.24) is 4.98 Å². The molecule has 30 heavy (non-hydrogen) atoms. The van der Waals surface area contributed by atoms with E-state index in [1.54, 1.807) is 12.3 Å². The van der Waals surface area contributed by atoms with E-state index in [2.05, 4.69) is 10.1 Å². The second-order valence-electron chi connectivity index (χ2n) is 6.86. The number of halogens is 3. The fourth-order valence-corrected chi connectivity index (χ4v) is 2.77. The van der Waals surface area contributed by atoms with Crippen LogP contribution in [0.15, 0.2) is 41.7 Å². The van der Waals surface area contributed by atoms with Gasteiger partial charge < -0.3 is 14.3 Å². The first-order valence-corrected chi connectivity index (χ1v) is 9.35. The van der Waals surface area contributed by atoms with Crippen LogP contribution in [0, 0.1) is 5.92 Å². The molecule has 1 aromatic heterocycles. The maximum atomic E-state index is 12.9. The highest BCUT2D eigenvalue weighted by molar-refractivity contribution is 5.60. The maximum absolute atomic E-state index is 12.9. The highest BCUT2D eigenvalue weighted by Crippen LogP contribution is 2.36. The summed E-state index contributed by atoms with van der Waals surface area (Å²) < 4.78 is 49.0. The van der Waals surface area contributed by atoms with Gasteiger partial charge in [0, 0.05) is 30.8 Å². The summed E-state index contributed by atoms with van der Waals surface area (Å²) in [4.78, 5) is 20.3. The van der Waals surface area contributed by atoms with E-state index in [1.807, 2.05) is 6.07 Å². The fourth-order valence-electron chi connectivity index (χ4n) is 2.77. The van der Waals surface area contributed by atoms with Crippen LogP contribution in [-0.4, -0.2) is 30.7 Å². The molecule has 1 fully saturated rings. The Bertz CT molecular complexity index is 881. The van der Waals surface area contributed by atoms with E-state index in [0.717, 1.165) is 30.8 Å². The number of aldehydes is 1. The number of carbonyl (C=O) groups is 1. The molecule has 3 rings (SSSR count). The molecule has 1 atom stereocenters. The van der Waals surface area contributed by atoms with Crippen LogP contribution in [0.4, 0.5) is 13.2 Å². The van der Waals surface area contributed by atoms with Crippen molar-refractivity contribution in [2.24, 2.45) is 11.1 Å². The lowest BCUT2D eigenvalue weighted by molar-refractivity contribution is -0.138. The smallest absolute Gasteiger partial charge is 0.419 e. The molecular weight excluding hydrogens is 401 g/mol. The number of rotatable bonds is 10. The van der Waals surface area contributed by atoms with Crippen molar-refractivity contribution >= 4 is 12.5 Å². The Morgan fingerprint density at radius 2 is 2.00 bits per heavy atom. The van der Waals surface area contributed by atoms with Gasteiger partial charge in [0.25, 0.3) is 0 Å². The SMILES string of the molecule is COc1cc(CON=CCc2ccc(OC(C=O)C3CC3)nc2)ccc1C(F)(F)F. The number of oxime groups is 1. The fraction of sp³-hybridized carbons (Fsp3) is 0.381. The molecule has 0 saturated heterocycles. The molecule has 0 spiro atoms. The molecule has 6 nitrogen and oxygen atoms in total. The van der Waals surface area contributed by atoms with E-state index in [1.165, 1.54) is 25.5 Å². The van der Waals surface area contributed by atoms with Gasteiger partial charge in [0.1, 0.15) is 12.4 Å². The minimum atomic E-state index is -4.48. The Kier molecular flexibility index (Phi) is 6.91. The number of carbonyl (C=O) groups excluding carboxylic acids is 1. The van der Waals surface area contributed by atoms with Crippen LogP contribution >= 0.6 is 0 Å². The van der Waals surface area contributed by atoms with E-state index >= 15 is 0 Å². The predicted octanol–water partition coefficient (Wildman–Crippen LogP) is 4.21. The molecule has 0 N–H and O–H groups in total. The third-order valence-corrected chi connectivity index (χ3v) is 4.55. The summed E-state index contributed by atoms with van der Waals surface area (Å²) in [6, 6.07) is 7.04. The monoisotopic (exact) mass is 422 g/mol. The van der Waals surface area contributed by atoms with Crippen LogP contribution in [0.1, 0.15) is 29.5 Å². The zero-order chi connectivity index (χ0) is 21.6. The van der Waals surface area contributed by atoms with E-state index < -0.39 is 17.8 Å². The highest BCUT2D eigenvalue weighted by Gasteiger charge is 2.34. The van der Waals surface area contributed by atoms with Gasteiger partial charge in [0.15, 0.2) is 12.4 Å². The Hall–Kier alpha value is -3.10. The average molecular weight is 422 g/mol. The van der Waals surface area contributed by atoms with E-state index in [-0.39, 0.29) is 18.3 Å². The van der Waals surface area contributed by atoms with Crippen LogP contribution in [0.25, 0.3) is 0 Å². The summed E-state index contributed by atoms with van der Waals surface area (Å²) in [5.41, 5.74) is 0.523. The van der Waals surface area contributed by atoms with Gasteiger partial charge in [-0.3, -0.25) is 4.79 Å². The standard InChI is InChI=1S/C21H21F3N2O4/c1-28-18-10-15(2-6-17(18)21(22,23)24)13-29-26-9-8-14-3-7-20(25-11-14)30-19(12-27)16-4-5-16/h2-3,6-7,9-12,16,19H,4-5,8,13H2,1H3. The van der Waals surface area contributed by atoms with Gasteiger partial charge in [0.2, 0.25) is 5.88 Å². The summed E-state index contributed by atoms with van der Waals surface area (Å²) in [5, 5.41) is 3.81. The van der Waals surface area contributed by atoms with Crippen LogP contribution in [0.2, 0.25) is 0 Å². The van der Waals surface area contributed by atoms with Gasteiger partial charge in [-0.2, -0.15) is 13.2 Å². The number of alkyl halides is 3. The number of methoxy groups -OCH3 is 1. The van der Waals surface area contributed by atoms with Crippen molar-refractivity contribution in [3.8, 4) is 11.6 Å². The van der Waals surface area contributed by atoms with Crippen molar-refractivity contribution < 1.29 is 32.3 Å². The number of aromatic nitrogens is 1. The van der Waals surface area contributed by atoms with Crippen LogP contribution in [0.5, 0.6) is 11.6 Å². The van der Waals surface area contributed by atoms with Crippen molar-refractivity contribution in [3.63, 3.8) is 0 Å². The number of ether oxygens (including phenoxy) is 2. The molecule has 9 heteroatoms. The number of pyridine rings is 1. The molecule has 1 heterocycles. The summed E-state index contributed by atoms with van der Waals surface area (Å²) in [6.07, 6.45) is 1.47. The third kappa shape index (κ3) is 5.95. The Morgan fingerprint density at radius 3 is 2.60 bits per heavy atom. The van der Waals surface area contributed by atoms with E-state index in [4.69, 9.17) is 14.3 Å². The van der Waals surface area contributed by atoms with Crippen molar-refractivity contribution in [2.75, 3.05) is 7.11 Å². The minimum Gasteiger partial charge on any atom is -0.496 e.